The van der Waals surface area contributed by atoms with Crippen molar-refractivity contribution in [3.63, 3.8) is 0 Å². The van der Waals surface area contributed by atoms with E-state index >= 15 is 0 Å². The van der Waals surface area contributed by atoms with E-state index in [2.05, 4.69) is 9.97 Å². The van der Waals surface area contributed by atoms with Gasteiger partial charge in [-0.15, -0.1) is 0 Å². The molecule has 0 N–H and O–H groups in total. The zero-order valence-electron chi connectivity index (χ0n) is 14.9. The van der Waals surface area contributed by atoms with Crippen LogP contribution in [0, 0.1) is 6.92 Å². The van der Waals surface area contributed by atoms with Crippen molar-refractivity contribution >= 4 is 10.0 Å². The molecule has 0 radical (unpaired) electrons. The Balaban J connectivity index is 1.53. The average Bonchev–Trinajstić information content (AvgIpc) is 2.68. The third-order valence-electron chi connectivity index (χ3n) is 4.51. The van der Waals surface area contributed by atoms with Crippen molar-refractivity contribution in [2.24, 2.45) is 0 Å². The Hall–Kier alpha value is -2.77. The van der Waals surface area contributed by atoms with Crippen LogP contribution in [0.25, 0.3) is 0 Å². The molecule has 0 amide bonds. The van der Waals surface area contributed by atoms with Crippen LogP contribution in [0.15, 0.2) is 66.0 Å². The molecule has 0 bridgehead atoms. The van der Waals surface area contributed by atoms with E-state index < -0.39 is 10.0 Å². The molecule has 1 aliphatic heterocycles. The Morgan fingerprint density at radius 1 is 1.07 bits per heavy atom. The van der Waals surface area contributed by atoms with Gasteiger partial charge in [0.1, 0.15) is 17.8 Å². The van der Waals surface area contributed by atoms with Gasteiger partial charge < -0.3 is 4.74 Å². The Labute approximate surface area is 158 Å². The van der Waals surface area contributed by atoms with Crippen LogP contribution in [-0.2, 0) is 23.0 Å². The first-order valence-electron chi connectivity index (χ1n) is 8.65. The second-order valence-corrected chi connectivity index (χ2v) is 8.41. The first-order valence-corrected chi connectivity index (χ1v) is 10.1. The zero-order valence-corrected chi connectivity index (χ0v) is 15.7. The maximum atomic E-state index is 13.0. The van der Waals surface area contributed by atoms with Gasteiger partial charge in [-0.25, -0.2) is 18.4 Å². The predicted octanol–water partition coefficient (Wildman–Crippen LogP) is 3.32. The van der Waals surface area contributed by atoms with E-state index in [1.165, 1.54) is 10.6 Å². The van der Waals surface area contributed by atoms with Crippen LogP contribution in [0.1, 0.15) is 16.8 Å². The van der Waals surface area contributed by atoms with Gasteiger partial charge in [-0.1, -0.05) is 12.1 Å². The molecule has 7 heteroatoms. The van der Waals surface area contributed by atoms with Crippen molar-refractivity contribution in [3.8, 4) is 11.5 Å². The quantitative estimate of drug-likeness (QED) is 0.693. The van der Waals surface area contributed by atoms with Gasteiger partial charge in [-0.2, -0.15) is 4.31 Å². The summed E-state index contributed by atoms with van der Waals surface area (Å²) in [6.07, 6.45) is 3.77. The Morgan fingerprint density at radius 3 is 2.67 bits per heavy atom. The number of sulfonamides is 1. The first-order chi connectivity index (χ1) is 13.0. The molecule has 0 saturated heterocycles. The molecule has 1 aromatic heterocycles. The van der Waals surface area contributed by atoms with Gasteiger partial charge in [0, 0.05) is 37.0 Å². The lowest BCUT2D eigenvalue weighted by molar-refractivity contribution is 0.386. The second kappa shape index (κ2) is 7.09. The molecule has 2 aromatic carbocycles. The summed E-state index contributed by atoms with van der Waals surface area (Å²) in [6.45, 7) is 2.69. The van der Waals surface area contributed by atoms with E-state index in [0.29, 0.717) is 25.3 Å². The summed E-state index contributed by atoms with van der Waals surface area (Å²) in [5.41, 5.74) is 2.87. The molecule has 138 valence electrons. The molecule has 4 rings (SSSR count). The minimum Gasteiger partial charge on any atom is -0.457 e. The molecular weight excluding hydrogens is 362 g/mol. The van der Waals surface area contributed by atoms with Crippen LogP contribution in [0.4, 0.5) is 0 Å². The van der Waals surface area contributed by atoms with Crippen molar-refractivity contribution in [1.29, 1.82) is 0 Å². The minimum atomic E-state index is -3.58. The molecule has 3 aromatic rings. The zero-order chi connectivity index (χ0) is 18.9. The van der Waals surface area contributed by atoms with Crippen molar-refractivity contribution in [1.82, 2.24) is 14.3 Å². The predicted molar refractivity (Wildman–Crippen MR) is 101 cm³/mol. The van der Waals surface area contributed by atoms with Gasteiger partial charge in [0.05, 0.1) is 4.90 Å². The lowest BCUT2D eigenvalue weighted by Gasteiger charge is -2.27. The van der Waals surface area contributed by atoms with Gasteiger partial charge in [-0.3, -0.25) is 0 Å². The summed E-state index contributed by atoms with van der Waals surface area (Å²) in [5.74, 6) is 1.31. The Morgan fingerprint density at radius 2 is 1.89 bits per heavy atom. The SMILES string of the molecule is Cc1cccc(Oc2ccc(S(=O)(=O)N3CCc4ncncc4C3)cc2)c1. The lowest BCUT2D eigenvalue weighted by Crippen LogP contribution is -2.36. The second-order valence-electron chi connectivity index (χ2n) is 6.47. The number of aromatic nitrogens is 2. The Kier molecular flexibility index (Phi) is 4.63. The summed E-state index contributed by atoms with van der Waals surface area (Å²) in [4.78, 5) is 8.46. The van der Waals surface area contributed by atoms with E-state index in [0.717, 1.165) is 22.6 Å². The maximum Gasteiger partial charge on any atom is 0.243 e. The van der Waals surface area contributed by atoms with Crippen LogP contribution >= 0.6 is 0 Å². The fourth-order valence-electron chi connectivity index (χ4n) is 3.09. The van der Waals surface area contributed by atoms with Crippen molar-refractivity contribution in [2.75, 3.05) is 6.54 Å². The molecule has 1 aliphatic rings. The molecule has 0 fully saturated rings. The molecule has 27 heavy (non-hydrogen) atoms. The van der Waals surface area contributed by atoms with E-state index in [4.69, 9.17) is 4.74 Å². The summed E-state index contributed by atoms with van der Waals surface area (Å²) in [5, 5.41) is 0. The van der Waals surface area contributed by atoms with Crippen molar-refractivity contribution < 1.29 is 13.2 Å². The highest BCUT2D eigenvalue weighted by atomic mass is 32.2. The fourth-order valence-corrected chi connectivity index (χ4v) is 4.51. The molecule has 0 saturated carbocycles. The summed E-state index contributed by atoms with van der Waals surface area (Å²) >= 11 is 0. The fraction of sp³-hybridized carbons (Fsp3) is 0.200. The molecular formula is C20H19N3O3S. The van der Waals surface area contributed by atoms with Gasteiger partial charge >= 0.3 is 0 Å². The largest absolute Gasteiger partial charge is 0.457 e. The highest BCUT2D eigenvalue weighted by Gasteiger charge is 2.28. The van der Waals surface area contributed by atoms with E-state index in [-0.39, 0.29) is 4.90 Å². The van der Waals surface area contributed by atoms with E-state index in [1.54, 1.807) is 30.5 Å². The number of ether oxygens (including phenoxy) is 1. The van der Waals surface area contributed by atoms with Gasteiger partial charge in [0.25, 0.3) is 0 Å². The highest BCUT2D eigenvalue weighted by Crippen LogP contribution is 2.27. The molecule has 0 unspecified atom stereocenters. The third kappa shape index (κ3) is 3.70. The monoisotopic (exact) mass is 381 g/mol. The average molecular weight is 381 g/mol. The number of rotatable bonds is 4. The lowest BCUT2D eigenvalue weighted by atomic mass is 10.1. The molecule has 0 spiro atoms. The van der Waals surface area contributed by atoms with E-state index in [1.807, 2.05) is 31.2 Å². The normalized spacial score (nSPS) is 14.6. The molecule has 0 aliphatic carbocycles. The van der Waals surface area contributed by atoms with Gasteiger partial charge in [0.2, 0.25) is 10.0 Å². The standard InChI is InChI=1S/C20H19N3O3S/c1-15-3-2-4-18(11-15)26-17-5-7-19(8-6-17)27(24,25)23-10-9-20-16(13-23)12-21-14-22-20/h2-8,11-12,14H,9-10,13H2,1H3. The van der Waals surface area contributed by atoms with Crippen LogP contribution in [0.2, 0.25) is 0 Å². The first kappa shape index (κ1) is 17.6. The number of benzene rings is 2. The van der Waals surface area contributed by atoms with Gasteiger partial charge in [0.15, 0.2) is 0 Å². The maximum absolute atomic E-state index is 13.0. The minimum absolute atomic E-state index is 0.249. The number of fused-ring (bicyclic) bond motifs is 1. The summed E-state index contributed by atoms with van der Waals surface area (Å²) in [6, 6.07) is 14.2. The van der Waals surface area contributed by atoms with Crippen LogP contribution in [-0.4, -0.2) is 29.2 Å². The Bertz CT molecular complexity index is 1070. The molecule has 2 heterocycles. The third-order valence-corrected chi connectivity index (χ3v) is 6.37. The topological polar surface area (TPSA) is 72.4 Å². The number of hydrogen-bond donors (Lipinski definition) is 0. The van der Waals surface area contributed by atoms with Crippen molar-refractivity contribution in [3.05, 3.63) is 77.9 Å². The van der Waals surface area contributed by atoms with Crippen LogP contribution in [0.5, 0.6) is 11.5 Å². The van der Waals surface area contributed by atoms with Gasteiger partial charge in [-0.05, 0) is 48.9 Å². The smallest absolute Gasteiger partial charge is 0.243 e. The number of aryl methyl sites for hydroxylation is 1. The van der Waals surface area contributed by atoms with Crippen LogP contribution in [0.3, 0.4) is 0 Å². The van der Waals surface area contributed by atoms with E-state index in [9.17, 15) is 8.42 Å². The highest BCUT2D eigenvalue weighted by molar-refractivity contribution is 7.89. The summed E-state index contributed by atoms with van der Waals surface area (Å²) in [7, 11) is -3.58. The number of nitrogens with zero attached hydrogens (tertiary/aromatic N) is 3. The molecule has 0 atom stereocenters. The summed E-state index contributed by atoms with van der Waals surface area (Å²) < 4.78 is 33.2. The van der Waals surface area contributed by atoms with Crippen LogP contribution < -0.4 is 4.74 Å². The number of hydrogen-bond acceptors (Lipinski definition) is 5. The van der Waals surface area contributed by atoms with Crippen molar-refractivity contribution in [2.45, 2.75) is 24.8 Å². The molecule has 6 nitrogen and oxygen atoms in total.